The number of halogens is 2. The van der Waals surface area contributed by atoms with E-state index in [1.54, 1.807) is 23.1 Å². The van der Waals surface area contributed by atoms with Crippen LogP contribution in [0.15, 0.2) is 18.2 Å². The molecule has 3 heterocycles. The smallest absolute Gasteiger partial charge is 0.328 e. The molecular weight excluding hydrogens is 507 g/mol. The van der Waals surface area contributed by atoms with E-state index in [2.05, 4.69) is 15.6 Å². The van der Waals surface area contributed by atoms with Crippen LogP contribution in [0.2, 0.25) is 10.0 Å². The number of hydrogen-bond acceptors (Lipinski definition) is 5. The number of aromatic amines is 1. The van der Waals surface area contributed by atoms with Crippen molar-refractivity contribution in [2.45, 2.75) is 50.6 Å². The van der Waals surface area contributed by atoms with Crippen molar-refractivity contribution >= 4 is 57.8 Å². The Labute approximate surface area is 218 Å². The number of fused-ring (bicyclic) bond motifs is 1. The number of ether oxygens (including phenoxy) is 1. The molecule has 11 heteroatoms. The van der Waals surface area contributed by atoms with Gasteiger partial charge < -0.3 is 25.3 Å². The summed E-state index contributed by atoms with van der Waals surface area (Å²) in [7, 11) is 1.25. The maximum Gasteiger partial charge on any atom is 0.328 e. The largest absolute Gasteiger partial charge is 0.467 e. The molecule has 5 rings (SSSR count). The molecule has 1 aromatic heterocycles. The first kappa shape index (κ1) is 24.9. The topological polar surface area (TPSA) is 121 Å². The van der Waals surface area contributed by atoms with Crippen LogP contribution in [0.4, 0.5) is 0 Å². The van der Waals surface area contributed by atoms with Gasteiger partial charge in [0.15, 0.2) is 0 Å². The summed E-state index contributed by atoms with van der Waals surface area (Å²) in [5, 5.41) is 6.98. The molecule has 0 radical (unpaired) electrons. The van der Waals surface area contributed by atoms with Crippen LogP contribution >= 0.6 is 23.2 Å². The number of nitrogens with one attached hydrogen (secondary N) is 3. The van der Waals surface area contributed by atoms with Crippen LogP contribution in [0.3, 0.4) is 0 Å². The van der Waals surface area contributed by atoms with E-state index >= 15 is 0 Å². The fourth-order valence-corrected chi connectivity index (χ4v) is 6.11. The molecule has 1 saturated carbocycles. The first-order valence-corrected chi connectivity index (χ1v) is 12.9. The number of carbonyl (C=O) groups is 4. The van der Waals surface area contributed by atoms with Gasteiger partial charge in [0.1, 0.15) is 17.8 Å². The molecule has 2 aliphatic heterocycles. The number of methoxy groups -OCH3 is 1. The molecule has 3 atom stereocenters. The molecule has 9 nitrogen and oxygen atoms in total. The first-order valence-electron chi connectivity index (χ1n) is 12.1. The molecule has 1 aliphatic carbocycles. The van der Waals surface area contributed by atoms with Crippen LogP contribution in [0, 0.1) is 11.3 Å². The summed E-state index contributed by atoms with van der Waals surface area (Å²) in [6.07, 6.45) is 4.20. The second-order valence-electron chi connectivity index (χ2n) is 10.1. The number of esters is 1. The Morgan fingerprint density at radius 2 is 2.06 bits per heavy atom. The molecule has 1 unspecified atom stereocenters. The molecule has 3 amide bonds. The number of aromatic nitrogens is 1. The van der Waals surface area contributed by atoms with Gasteiger partial charge in [-0.1, -0.05) is 35.7 Å². The summed E-state index contributed by atoms with van der Waals surface area (Å²) < 4.78 is 4.90. The third-order valence-electron chi connectivity index (χ3n) is 7.89. The second kappa shape index (κ2) is 9.59. The maximum atomic E-state index is 13.6. The number of H-pyrrole nitrogens is 1. The molecule has 0 bridgehead atoms. The number of rotatable bonds is 6. The van der Waals surface area contributed by atoms with Gasteiger partial charge in [0.2, 0.25) is 11.8 Å². The lowest BCUT2D eigenvalue weighted by molar-refractivity contribution is -0.146. The highest BCUT2D eigenvalue weighted by Crippen LogP contribution is 2.50. The van der Waals surface area contributed by atoms with Crippen molar-refractivity contribution in [2.75, 3.05) is 20.2 Å². The summed E-state index contributed by atoms with van der Waals surface area (Å²) in [4.78, 5) is 56.3. The zero-order chi connectivity index (χ0) is 25.6. The number of likely N-dealkylation sites (tertiary alicyclic amines) is 1. The van der Waals surface area contributed by atoms with Gasteiger partial charge in [0.05, 0.1) is 22.7 Å². The number of carbonyl (C=O) groups excluding carboxylic acids is 4. The summed E-state index contributed by atoms with van der Waals surface area (Å²) >= 11 is 12.4. The summed E-state index contributed by atoms with van der Waals surface area (Å²) in [6, 6.07) is 3.43. The van der Waals surface area contributed by atoms with Gasteiger partial charge in [0, 0.05) is 24.4 Å². The van der Waals surface area contributed by atoms with Gasteiger partial charge in [-0.05, 0) is 49.7 Å². The van der Waals surface area contributed by atoms with E-state index in [4.69, 9.17) is 27.9 Å². The molecule has 2 aromatic rings. The van der Waals surface area contributed by atoms with Crippen molar-refractivity contribution in [3.8, 4) is 0 Å². The number of benzene rings is 1. The van der Waals surface area contributed by atoms with E-state index < -0.39 is 24.0 Å². The van der Waals surface area contributed by atoms with Crippen LogP contribution in [-0.2, 0) is 19.1 Å². The fraction of sp³-hybridized carbons (Fsp3) is 0.520. The molecule has 3 fully saturated rings. The van der Waals surface area contributed by atoms with E-state index in [1.165, 1.54) is 7.11 Å². The van der Waals surface area contributed by atoms with Crippen molar-refractivity contribution < 1.29 is 23.9 Å². The Balaban J connectivity index is 1.38. The van der Waals surface area contributed by atoms with Crippen LogP contribution < -0.4 is 10.6 Å². The number of amides is 3. The first-order chi connectivity index (χ1) is 17.2. The summed E-state index contributed by atoms with van der Waals surface area (Å²) in [5.74, 6) is -1.86. The lowest BCUT2D eigenvalue weighted by atomic mass is 9.67. The van der Waals surface area contributed by atoms with Crippen LogP contribution in [0.1, 0.15) is 49.0 Å². The Morgan fingerprint density at radius 3 is 2.69 bits per heavy atom. The fourth-order valence-electron chi connectivity index (χ4n) is 5.73. The molecule has 1 aromatic carbocycles. The van der Waals surface area contributed by atoms with Crippen molar-refractivity contribution in [1.29, 1.82) is 0 Å². The van der Waals surface area contributed by atoms with Crippen molar-refractivity contribution in [3.05, 3.63) is 33.9 Å². The van der Waals surface area contributed by atoms with Gasteiger partial charge in [-0.2, -0.15) is 0 Å². The predicted molar refractivity (Wildman–Crippen MR) is 134 cm³/mol. The van der Waals surface area contributed by atoms with Gasteiger partial charge in [-0.3, -0.25) is 14.4 Å². The molecule has 192 valence electrons. The summed E-state index contributed by atoms with van der Waals surface area (Å²) in [5.41, 5.74) is 0.777. The molecule has 3 aliphatic rings. The standard InChI is InChI=1S/C25H28Cl2N4O5/c1-36-24(35)17(10-14-5-8-28-21(14)32)30-22(33)18-11-25(6-2-7-25)12-31(18)23(34)16-9-13-3-4-15(26)19(27)20(13)29-16/h3-4,9,14,17-18,29H,2,5-8,10-12H2,1H3,(H,28,32)(H,30,33)/t14-,17-,18?/m0/s1. The quantitative estimate of drug-likeness (QED) is 0.492. The van der Waals surface area contributed by atoms with E-state index in [1.807, 2.05) is 0 Å². The van der Waals surface area contributed by atoms with E-state index in [-0.39, 0.29) is 29.6 Å². The van der Waals surface area contributed by atoms with Crippen LogP contribution in [0.5, 0.6) is 0 Å². The minimum absolute atomic E-state index is 0.100. The Morgan fingerprint density at radius 1 is 1.28 bits per heavy atom. The molecule has 3 N–H and O–H groups in total. The van der Waals surface area contributed by atoms with Gasteiger partial charge in [0.25, 0.3) is 5.91 Å². The molecule has 36 heavy (non-hydrogen) atoms. The molecular formula is C25H28Cl2N4O5. The minimum atomic E-state index is -0.972. The minimum Gasteiger partial charge on any atom is -0.467 e. The predicted octanol–water partition coefficient (Wildman–Crippen LogP) is 3.04. The number of nitrogens with zero attached hydrogens (tertiary/aromatic N) is 1. The van der Waals surface area contributed by atoms with Crippen LogP contribution in [0.25, 0.3) is 10.9 Å². The monoisotopic (exact) mass is 534 g/mol. The zero-order valence-corrected chi connectivity index (χ0v) is 21.4. The lowest BCUT2D eigenvalue weighted by Crippen LogP contribution is -2.51. The van der Waals surface area contributed by atoms with Crippen LogP contribution in [-0.4, -0.2) is 65.9 Å². The van der Waals surface area contributed by atoms with Crippen molar-refractivity contribution in [2.24, 2.45) is 11.3 Å². The second-order valence-corrected chi connectivity index (χ2v) is 10.9. The Kier molecular flexibility index (Phi) is 6.63. The van der Waals surface area contributed by atoms with Gasteiger partial charge >= 0.3 is 5.97 Å². The third-order valence-corrected chi connectivity index (χ3v) is 8.69. The average Bonchev–Trinajstić information content (AvgIpc) is 3.57. The van der Waals surface area contributed by atoms with Gasteiger partial charge in [-0.15, -0.1) is 0 Å². The Hall–Kier alpha value is -2.78. The van der Waals surface area contributed by atoms with E-state index in [0.29, 0.717) is 47.2 Å². The highest BCUT2D eigenvalue weighted by molar-refractivity contribution is 6.45. The third kappa shape index (κ3) is 4.43. The molecule has 2 saturated heterocycles. The van der Waals surface area contributed by atoms with E-state index in [9.17, 15) is 19.2 Å². The highest BCUT2D eigenvalue weighted by Gasteiger charge is 2.52. The Bertz CT molecular complexity index is 1240. The zero-order valence-electron chi connectivity index (χ0n) is 19.9. The van der Waals surface area contributed by atoms with E-state index in [0.717, 1.165) is 24.6 Å². The molecule has 1 spiro atoms. The van der Waals surface area contributed by atoms with Crippen molar-refractivity contribution in [1.82, 2.24) is 20.5 Å². The summed E-state index contributed by atoms with van der Waals surface area (Å²) in [6.45, 7) is 1.00. The SMILES string of the molecule is COC(=O)[C@H](C[C@@H]1CCNC1=O)NC(=O)C1CC2(CCC2)CN1C(=O)c1cc2ccc(Cl)c(Cl)c2[nH]1. The maximum absolute atomic E-state index is 13.6. The van der Waals surface area contributed by atoms with Gasteiger partial charge in [-0.25, -0.2) is 4.79 Å². The number of hydrogen-bond donors (Lipinski definition) is 3. The van der Waals surface area contributed by atoms with Crippen molar-refractivity contribution in [3.63, 3.8) is 0 Å². The normalized spacial score (nSPS) is 23.4. The average molecular weight is 535 g/mol. The lowest BCUT2D eigenvalue weighted by Gasteiger charge is -2.37. The highest BCUT2D eigenvalue weighted by atomic mass is 35.5.